The van der Waals surface area contributed by atoms with Gasteiger partial charge in [-0.1, -0.05) is 29.3 Å². The number of hydrogen-bond acceptors (Lipinski definition) is 3. The second-order valence-electron chi connectivity index (χ2n) is 4.52. The van der Waals surface area contributed by atoms with Gasteiger partial charge in [0.25, 0.3) is 0 Å². The van der Waals surface area contributed by atoms with Crippen molar-refractivity contribution < 1.29 is 0 Å². The van der Waals surface area contributed by atoms with Crippen LogP contribution in [0.15, 0.2) is 18.2 Å². The first-order valence-corrected chi connectivity index (χ1v) is 6.19. The van der Waals surface area contributed by atoms with E-state index >= 15 is 0 Å². The van der Waals surface area contributed by atoms with Gasteiger partial charge in [0.2, 0.25) is 0 Å². The predicted molar refractivity (Wildman–Crippen MR) is 75.7 cm³/mol. The van der Waals surface area contributed by atoms with Crippen LogP contribution in [0.4, 0.5) is 11.5 Å². The molecule has 0 radical (unpaired) electrons. The maximum Gasteiger partial charge on any atom is 0.135 e. The Morgan fingerprint density at radius 3 is 2.11 bits per heavy atom. The number of rotatable bonds is 2. The summed E-state index contributed by atoms with van der Waals surface area (Å²) in [5.41, 5.74) is 4.72. The first kappa shape index (κ1) is 12.8. The standard InChI is InChI=1S/C14H16ClN3/c1-8-5-9(2)14(10(3)6-8)18-13-7-12(15)16-11(4)17-13/h5-7H,1-4H3,(H,16,17,18). The minimum Gasteiger partial charge on any atom is -0.340 e. The zero-order valence-corrected chi connectivity index (χ0v) is 11.8. The lowest BCUT2D eigenvalue weighted by atomic mass is 10.1. The minimum atomic E-state index is 0.451. The highest BCUT2D eigenvalue weighted by atomic mass is 35.5. The molecule has 0 spiro atoms. The molecule has 1 aromatic heterocycles. The van der Waals surface area contributed by atoms with E-state index in [1.165, 1.54) is 16.7 Å². The summed E-state index contributed by atoms with van der Waals surface area (Å²) in [6.45, 7) is 8.08. The highest BCUT2D eigenvalue weighted by molar-refractivity contribution is 6.29. The van der Waals surface area contributed by atoms with E-state index in [0.717, 1.165) is 11.5 Å². The van der Waals surface area contributed by atoms with Gasteiger partial charge in [-0.3, -0.25) is 0 Å². The van der Waals surface area contributed by atoms with Gasteiger partial charge < -0.3 is 5.32 Å². The fourth-order valence-corrected chi connectivity index (χ4v) is 2.33. The maximum atomic E-state index is 5.93. The van der Waals surface area contributed by atoms with Crippen LogP contribution in [0.3, 0.4) is 0 Å². The van der Waals surface area contributed by atoms with E-state index in [0.29, 0.717) is 11.0 Å². The van der Waals surface area contributed by atoms with E-state index < -0.39 is 0 Å². The Hall–Kier alpha value is -1.61. The Balaban J connectivity index is 2.40. The molecule has 0 bridgehead atoms. The number of nitrogens with one attached hydrogen (secondary N) is 1. The maximum absolute atomic E-state index is 5.93. The summed E-state index contributed by atoms with van der Waals surface area (Å²) in [5.74, 6) is 1.38. The first-order valence-electron chi connectivity index (χ1n) is 5.82. The lowest BCUT2D eigenvalue weighted by molar-refractivity contribution is 1.05. The van der Waals surface area contributed by atoms with Crippen LogP contribution in [-0.2, 0) is 0 Å². The van der Waals surface area contributed by atoms with Crippen LogP contribution in [0.25, 0.3) is 0 Å². The summed E-state index contributed by atoms with van der Waals surface area (Å²) in [7, 11) is 0. The molecule has 0 saturated carbocycles. The molecule has 1 heterocycles. The normalized spacial score (nSPS) is 10.5. The topological polar surface area (TPSA) is 37.8 Å². The van der Waals surface area contributed by atoms with Crippen molar-refractivity contribution in [3.8, 4) is 0 Å². The van der Waals surface area contributed by atoms with Crippen LogP contribution in [0.1, 0.15) is 22.5 Å². The molecule has 0 aliphatic heterocycles. The number of aromatic nitrogens is 2. The zero-order valence-electron chi connectivity index (χ0n) is 11.0. The molecule has 3 nitrogen and oxygen atoms in total. The van der Waals surface area contributed by atoms with Crippen molar-refractivity contribution in [3.05, 3.63) is 45.9 Å². The van der Waals surface area contributed by atoms with Crippen molar-refractivity contribution in [1.29, 1.82) is 0 Å². The quantitative estimate of drug-likeness (QED) is 0.827. The second-order valence-corrected chi connectivity index (χ2v) is 4.91. The van der Waals surface area contributed by atoms with Crippen molar-refractivity contribution in [1.82, 2.24) is 9.97 Å². The van der Waals surface area contributed by atoms with E-state index in [9.17, 15) is 0 Å². The molecular weight excluding hydrogens is 246 g/mol. The lowest BCUT2D eigenvalue weighted by Crippen LogP contribution is -2.01. The third-order valence-corrected chi connectivity index (χ3v) is 2.93. The van der Waals surface area contributed by atoms with Crippen molar-refractivity contribution in [2.24, 2.45) is 0 Å². The molecule has 0 fully saturated rings. The number of anilines is 2. The Bertz CT molecular complexity index is 550. The van der Waals surface area contributed by atoms with Gasteiger partial charge in [0.15, 0.2) is 0 Å². The van der Waals surface area contributed by atoms with Gasteiger partial charge in [0.05, 0.1) is 0 Å². The van der Waals surface area contributed by atoms with E-state index in [1.54, 1.807) is 6.07 Å². The Labute approximate surface area is 112 Å². The summed E-state index contributed by atoms with van der Waals surface area (Å²) in [5, 5.41) is 3.77. The highest BCUT2D eigenvalue weighted by Gasteiger charge is 2.06. The van der Waals surface area contributed by atoms with Gasteiger partial charge in [0, 0.05) is 11.8 Å². The smallest absolute Gasteiger partial charge is 0.135 e. The summed E-state index contributed by atoms with van der Waals surface area (Å²) in [6.07, 6.45) is 0. The van der Waals surface area contributed by atoms with Gasteiger partial charge in [-0.25, -0.2) is 9.97 Å². The molecule has 1 N–H and O–H groups in total. The van der Waals surface area contributed by atoms with E-state index in [4.69, 9.17) is 11.6 Å². The summed E-state index contributed by atoms with van der Waals surface area (Å²) >= 11 is 5.93. The van der Waals surface area contributed by atoms with Crippen LogP contribution in [0.2, 0.25) is 5.15 Å². The zero-order chi connectivity index (χ0) is 13.3. The Morgan fingerprint density at radius 1 is 0.944 bits per heavy atom. The third kappa shape index (κ3) is 2.79. The highest BCUT2D eigenvalue weighted by Crippen LogP contribution is 2.25. The number of benzene rings is 1. The molecule has 1 aromatic carbocycles. The molecule has 18 heavy (non-hydrogen) atoms. The summed E-state index contributed by atoms with van der Waals surface area (Å²) in [6, 6.07) is 6.02. The lowest BCUT2D eigenvalue weighted by Gasteiger charge is -2.13. The molecule has 94 valence electrons. The molecule has 4 heteroatoms. The van der Waals surface area contributed by atoms with Gasteiger partial charge >= 0.3 is 0 Å². The molecule has 0 aliphatic rings. The van der Waals surface area contributed by atoms with E-state index in [-0.39, 0.29) is 0 Å². The molecule has 0 unspecified atom stereocenters. The van der Waals surface area contributed by atoms with Gasteiger partial charge in [-0.15, -0.1) is 0 Å². The average molecular weight is 262 g/mol. The monoisotopic (exact) mass is 261 g/mol. The molecule has 2 rings (SSSR count). The molecule has 0 saturated heterocycles. The molecule has 2 aromatic rings. The largest absolute Gasteiger partial charge is 0.340 e. The van der Waals surface area contributed by atoms with Gasteiger partial charge in [0.1, 0.15) is 16.8 Å². The van der Waals surface area contributed by atoms with Crippen LogP contribution in [0, 0.1) is 27.7 Å². The number of hydrogen-bond donors (Lipinski definition) is 1. The number of nitrogens with zero attached hydrogens (tertiary/aromatic N) is 2. The van der Waals surface area contributed by atoms with Crippen LogP contribution in [-0.4, -0.2) is 9.97 Å². The van der Waals surface area contributed by atoms with Crippen molar-refractivity contribution in [2.45, 2.75) is 27.7 Å². The van der Waals surface area contributed by atoms with E-state index in [1.807, 2.05) is 6.92 Å². The average Bonchev–Trinajstić information content (AvgIpc) is 2.22. The van der Waals surface area contributed by atoms with Crippen LogP contribution < -0.4 is 5.32 Å². The molecule has 0 aliphatic carbocycles. The Morgan fingerprint density at radius 2 is 1.56 bits per heavy atom. The molecule has 0 amide bonds. The van der Waals surface area contributed by atoms with Crippen LogP contribution in [0.5, 0.6) is 0 Å². The Kier molecular flexibility index (Phi) is 3.53. The number of aryl methyl sites for hydroxylation is 4. The molecular formula is C14H16ClN3. The molecule has 0 atom stereocenters. The first-order chi connectivity index (χ1) is 8.45. The minimum absolute atomic E-state index is 0.451. The summed E-state index contributed by atoms with van der Waals surface area (Å²) < 4.78 is 0. The van der Waals surface area contributed by atoms with Gasteiger partial charge in [-0.05, 0) is 38.8 Å². The third-order valence-electron chi connectivity index (χ3n) is 2.74. The van der Waals surface area contributed by atoms with Crippen LogP contribution >= 0.6 is 11.6 Å². The predicted octanol–water partition coefficient (Wildman–Crippen LogP) is 4.11. The van der Waals surface area contributed by atoms with Crippen molar-refractivity contribution >= 4 is 23.1 Å². The summed E-state index contributed by atoms with van der Waals surface area (Å²) in [4.78, 5) is 8.38. The van der Waals surface area contributed by atoms with Crippen molar-refractivity contribution in [2.75, 3.05) is 5.32 Å². The SMILES string of the molecule is Cc1cc(C)c(Nc2cc(Cl)nc(C)n2)c(C)c1. The van der Waals surface area contributed by atoms with E-state index in [2.05, 4.69) is 48.2 Å². The van der Waals surface area contributed by atoms with Crippen molar-refractivity contribution in [3.63, 3.8) is 0 Å². The second kappa shape index (κ2) is 4.94. The fraction of sp³-hybridized carbons (Fsp3) is 0.286. The fourth-order valence-electron chi connectivity index (χ4n) is 2.10. The van der Waals surface area contributed by atoms with Gasteiger partial charge in [-0.2, -0.15) is 0 Å². The number of halogens is 1.